The van der Waals surface area contributed by atoms with E-state index in [9.17, 15) is 0 Å². The van der Waals surface area contributed by atoms with Crippen LogP contribution in [0.5, 0.6) is 0 Å². The Kier molecular flexibility index (Phi) is 4.23. The van der Waals surface area contributed by atoms with Gasteiger partial charge in [-0.1, -0.05) is 11.6 Å². The summed E-state index contributed by atoms with van der Waals surface area (Å²) in [4.78, 5) is 2.49. The van der Waals surface area contributed by atoms with E-state index in [1.54, 1.807) is 0 Å². The van der Waals surface area contributed by atoms with Crippen molar-refractivity contribution in [1.82, 2.24) is 14.7 Å². The minimum Gasteiger partial charge on any atom is -0.326 e. The van der Waals surface area contributed by atoms with Crippen LogP contribution in [0.2, 0.25) is 5.02 Å². The average molecular weight is 285 g/mol. The number of hydrogen-bond acceptors (Lipinski definition) is 3. The smallest absolute Gasteiger partial charge is 0.0847 e. The van der Waals surface area contributed by atoms with Crippen LogP contribution in [0.4, 0.5) is 0 Å². The second-order valence-electron chi connectivity index (χ2n) is 6.13. The van der Waals surface area contributed by atoms with Crippen LogP contribution in [-0.2, 0) is 13.5 Å². The molecule has 0 aromatic carbocycles. The molecule has 1 aromatic rings. The van der Waals surface area contributed by atoms with Crippen molar-refractivity contribution in [2.75, 3.05) is 13.1 Å². The van der Waals surface area contributed by atoms with Gasteiger partial charge >= 0.3 is 0 Å². The summed E-state index contributed by atoms with van der Waals surface area (Å²) in [6.07, 6.45) is 3.32. The van der Waals surface area contributed by atoms with Crippen LogP contribution < -0.4 is 5.73 Å². The topological polar surface area (TPSA) is 47.1 Å². The summed E-state index contributed by atoms with van der Waals surface area (Å²) in [6.45, 7) is 8.71. The molecule has 0 radical (unpaired) electrons. The highest BCUT2D eigenvalue weighted by Crippen LogP contribution is 2.27. The molecule has 1 aliphatic heterocycles. The minimum atomic E-state index is -0.00198. The fourth-order valence-electron chi connectivity index (χ4n) is 2.89. The molecule has 0 saturated carbocycles. The molecule has 1 unspecified atom stereocenters. The van der Waals surface area contributed by atoms with Crippen LogP contribution in [-0.4, -0.2) is 39.4 Å². The summed E-state index contributed by atoms with van der Waals surface area (Å²) < 4.78 is 1.86. The molecule has 2 rings (SSSR count). The van der Waals surface area contributed by atoms with Gasteiger partial charge in [0.2, 0.25) is 0 Å². The van der Waals surface area contributed by atoms with E-state index in [-0.39, 0.29) is 11.6 Å². The molecule has 1 atom stereocenters. The van der Waals surface area contributed by atoms with Gasteiger partial charge in [-0.15, -0.1) is 0 Å². The van der Waals surface area contributed by atoms with Gasteiger partial charge in [-0.25, -0.2) is 0 Å². The van der Waals surface area contributed by atoms with Gasteiger partial charge in [0.25, 0.3) is 0 Å². The first kappa shape index (κ1) is 14.8. The minimum absolute atomic E-state index is 0.00198. The van der Waals surface area contributed by atoms with Crippen molar-refractivity contribution < 1.29 is 0 Å². The van der Waals surface area contributed by atoms with Gasteiger partial charge in [-0.2, -0.15) is 5.10 Å². The fourth-order valence-corrected chi connectivity index (χ4v) is 3.13. The summed E-state index contributed by atoms with van der Waals surface area (Å²) in [6, 6.07) is 0.0536. The molecular formula is C14H25ClN4. The third kappa shape index (κ3) is 2.81. The monoisotopic (exact) mass is 284 g/mol. The highest BCUT2D eigenvalue weighted by Gasteiger charge is 2.35. The highest BCUT2D eigenvalue weighted by atomic mass is 35.5. The Bertz CT molecular complexity index is 447. The second-order valence-corrected chi connectivity index (χ2v) is 6.51. The second kappa shape index (κ2) is 5.43. The lowest BCUT2D eigenvalue weighted by molar-refractivity contribution is 0.123. The standard InChI is InChI=1S/C14H25ClN4/c1-10-13(15)11(18(4)17-10)9-12(16)14(2,3)19-7-5-6-8-19/h12H,5-9,16H2,1-4H3. The van der Waals surface area contributed by atoms with Crippen LogP contribution in [0.15, 0.2) is 0 Å². The molecule has 2 N–H and O–H groups in total. The van der Waals surface area contributed by atoms with Crippen molar-refractivity contribution >= 4 is 11.6 Å². The summed E-state index contributed by atoms with van der Waals surface area (Å²) in [7, 11) is 1.93. The van der Waals surface area contributed by atoms with E-state index in [4.69, 9.17) is 17.3 Å². The van der Waals surface area contributed by atoms with E-state index < -0.39 is 0 Å². The molecule has 1 saturated heterocycles. The van der Waals surface area contributed by atoms with Crippen molar-refractivity contribution in [1.29, 1.82) is 0 Å². The van der Waals surface area contributed by atoms with Gasteiger partial charge in [0.15, 0.2) is 0 Å². The van der Waals surface area contributed by atoms with Gasteiger partial charge in [0.05, 0.1) is 16.4 Å². The van der Waals surface area contributed by atoms with E-state index in [0.717, 1.165) is 35.9 Å². The first-order valence-corrected chi connectivity index (χ1v) is 7.40. The predicted molar refractivity (Wildman–Crippen MR) is 79.5 cm³/mol. The lowest BCUT2D eigenvalue weighted by Crippen LogP contribution is -2.56. The van der Waals surface area contributed by atoms with Crippen molar-refractivity contribution in [3.8, 4) is 0 Å². The number of aromatic nitrogens is 2. The number of nitrogens with two attached hydrogens (primary N) is 1. The quantitative estimate of drug-likeness (QED) is 0.921. The summed E-state index contributed by atoms with van der Waals surface area (Å²) in [5.41, 5.74) is 8.39. The largest absolute Gasteiger partial charge is 0.326 e. The molecule has 19 heavy (non-hydrogen) atoms. The Balaban J connectivity index is 2.13. The Morgan fingerprint density at radius 2 is 1.95 bits per heavy atom. The molecule has 5 heteroatoms. The van der Waals surface area contributed by atoms with Crippen LogP contribution in [0.3, 0.4) is 0 Å². The molecular weight excluding hydrogens is 260 g/mol. The average Bonchev–Trinajstić information content (AvgIpc) is 2.94. The Labute approximate surface area is 120 Å². The van der Waals surface area contributed by atoms with Crippen LogP contribution in [0.25, 0.3) is 0 Å². The molecule has 0 aliphatic carbocycles. The third-order valence-electron chi connectivity index (χ3n) is 4.50. The molecule has 0 spiro atoms. The van der Waals surface area contributed by atoms with Crippen LogP contribution in [0, 0.1) is 6.92 Å². The Hall–Kier alpha value is -0.580. The number of hydrogen-bond donors (Lipinski definition) is 1. The zero-order valence-corrected chi connectivity index (χ0v) is 13.2. The first-order chi connectivity index (χ1) is 8.84. The molecule has 2 heterocycles. The summed E-state index contributed by atoms with van der Waals surface area (Å²) in [5, 5.41) is 5.12. The van der Waals surface area contributed by atoms with Crippen molar-refractivity contribution in [2.45, 2.75) is 51.6 Å². The summed E-state index contributed by atoms with van der Waals surface area (Å²) in [5.74, 6) is 0. The number of aryl methyl sites for hydroxylation is 2. The zero-order valence-electron chi connectivity index (χ0n) is 12.4. The Morgan fingerprint density at radius 3 is 2.42 bits per heavy atom. The van der Waals surface area contributed by atoms with E-state index in [1.807, 2.05) is 18.7 Å². The normalized spacial score (nSPS) is 19.1. The SMILES string of the molecule is Cc1nn(C)c(CC(N)C(C)(C)N2CCCC2)c1Cl. The predicted octanol–water partition coefficient (Wildman–Crippen LogP) is 2.13. The van der Waals surface area contributed by atoms with Gasteiger partial charge in [0, 0.05) is 25.0 Å². The van der Waals surface area contributed by atoms with Gasteiger partial charge in [-0.05, 0) is 46.7 Å². The number of likely N-dealkylation sites (tertiary alicyclic amines) is 1. The van der Waals surface area contributed by atoms with Crippen LogP contribution in [0.1, 0.15) is 38.1 Å². The zero-order chi connectivity index (χ0) is 14.2. The number of rotatable bonds is 4. The lowest BCUT2D eigenvalue weighted by atomic mass is 9.90. The molecule has 1 fully saturated rings. The highest BCUT2D eigenvalue weighted by molar-refractivity contribution is 6.31. The maximum absolute atomic E-state index is 6.47. The van der Waals surface area contributed by atoms with Gasteiger partial charge in [0.1, 0.15) is 0 Å². The van der Waals surface area contributed by atoms with Gasteiger partial charge < -0.3 is 5.73 Å². The maximum Gasteiger partial charge on any atom is 0.0847 e. The molecule has 108 valence electrons. The van der Waals surface area contributed by atoms with Crippen molar-refractivity contribution in [3.63, 3.8) is 0 Å². The lowest BCUT2D eigenvalue weighted by Gasteiger charge is -2.40. The molecule has 0 bridgehead atoms. The third-order valence-corrected chi connectivity index (χ3v) is 5.00. The van der Waals surface area contributed by atoms with E-state index in [2.05, 4.69) is 23.8 Å². The number of nitrogens with zero attached hydrogens (tertiary/aromatic N) is 3. The van der Waals surface area contributed by atoms with Gasteiger partial charge in [-0.3, -0.25) is 9.58 Å². The molecule has 1 aliphatic rings. The molecule has 1 aromatic heterocycles. The maximum atomic E-state index is 6.47. The first-order valence-electron chi connectivity index (χ1n) is 7.02. The van der Waals surface area contributed by atoms with Crippen molar-refractivity contribution in [3.05, 3.63) is 16.4 Å². The van der Waals surface area contributed by atoms with E-state index >= 15 is 0 Å². The van der Waals surface area contributed by atoms with Crippen LogP contribution >= 0.6 is 11.6 Å². The van der Waals surface area contributed by atoms with E-state index in [1.165, 1.54) is 12.8 Å². The Morgan fingerprint density at radius 1 is 1.37 bits per heavy atom. The summed E-state index contributed by atoms with van der Waals surface area (Å²) >= 11 is 6.32. The fraction of sp³-hybridized carbons (Fsp3) is 0.786. The molecule has 4 nitrogen and oxygen atoms in total. The van der Waals surface area contributed by atoms with E-state index in [0.29, 0.717) is 0 Å². The van der Waals surface area contributed by atoms with Crippen molar-refractivity contribution in [2.24, 2.45) is 12.8 Å². The number of halogens is 1. The molecule has 0 amide bonds.